The van der Waals surface area contributed by atoms with Crippen LogP contribution in [0.3, 0.4) is 0 Å². The number of halogens is 1. The summed E-state index contributed by atoms with van der Waals surface area (Å²) in [6.07, 6.45) is 3.84. The lowest BCUT2D eigenvalue weighted by molar-refractivity contribution is 0.355. The number of methoxy groups -OCH3 is 2. The van der Waals surface area contributed by atoms with Crippen molar-refractivity contribution in [3.8, 4) is 11.5 Å². The summed E-state index contributed by atoms with van der Waals surface area (Å²) in [5, 5.41) is 0.574. The molecule has 0 aliphatic carbocycles. The molecule has 1 aromatic rings. The smallest absolute Gasteiger partial charge is 0.179 e. The van der Waals surface area contributed by atoms with Crippen LogP contribution in [0.5, 0.6) is 11.5 Å². The second kappa shape index (κ2) is 4.91. The van der Waals surface area contributed by atoms with Gasteiger partial charge in [-0.3, -0.25) is 0 Å². The first-order chi connectivity index (χ1) is 6.74. The molecule has 14 heavy (non-hydrogen) atoms. The summed E-state index contributed by atoms with van der Waals surface area (Å²) in [4.78, 5) is 0. The molecule has 76 valence electrons. The number of allylic oxidation sites excluding steroid dienone is 1. The van der Waals surface area contributed by atoms with Gasteiger partial charge < -0.3 is 9.47 Å². The maximum Gasteiger partial charge on any atom is 0.179 e. The van der Waals surface area contributed by atoms with E-state index in [9.17, 15) is 0 Å². The van der Waals surface area contributed by atoms with Gasteiger partial charge >= 0.3 is 0 Å². The number of ether oxygens (including phenoxy) is 2. The molecule has 0 fully saturated rings. The molecule has 0 spiro atoms. The highest BCUT2D eigenvalue weighted by Gasteiger charge is 2.10. The molecule has 0 bridgehead atoms. The Hall–Kier alpha value is -1.15. The van der Waals surface area contributed by atoms with Crippen LogP contribution in [-0.2, 0) is 0 Å². The molecule has 1 rings (SSSR count). The van der Waals surface area contributed by atoms with Crippen LogP contribution in [-0.4, -0.2) is 14.2 Å². The van der Waals surface area contributed by atoms with Crippen molar-refractivity contribution < 1.29 is 9.47 Å². The Labute approximate surface area is 89.1 Å². The molecule has 3 heteroatoms. The van der Waals surface area contributed by atoms with Crippen molar-refractivity contribution in [1.29, 1.82) is 0 Å². The van der Waals surface area contributed by atoms with Crippen LogP contribution in [0.2, 0.25) is 5.02 Å². The topological polar surface area (TPSA) is 18.5 Å². The van der Waals surface area contributed by atoms with E-state index in [4.69, 9.17) is 21.1 Å². The summed E-state index contributed by atoms with van der Waals surface area (Å²) in [6, 6.07) is 3.73. The first-order valence-corrected chi connectivity index (χ1v) is 4.65. The average Bonchev–Trinajstić information content (AvgIpc) is 2.21. The predicted octanol–water partition coefficient (Wildman–Crippen LogP) is 3.39. The van der Waals surface area contributed by atoms with E-state index in [1.807, 2.05) is 31.2 Å². The van der Waals surface area contributed by atoms with Gasteiger partial charge in [-0.05, 0) is 24.6 Å². The largest absolute Gasteiger partial charge is 0.493 e. The van der Waals surface area contributed by atoms with Gasteiger partial charge in [0.25, 0.3) is 0 Å². The lowest BCUT2D eigenvalue weighted by Crippen LogP contribution is -1.92. The second-order valence-electron chi connectivity index (χ2n) is 2.70. The van der Waals surface area contributed by atoms with Gasteiger partial charge in [-0.2, -0.15) is 0 Å². The Kier molecular flexibility index (Phi) is 3.84. The molecule has 0 heterocycles. The van der Waals surface area contributed by atoms with Crippen LogP contribution >= 0.6 is 11.6 Å². The van der Waals surface area contributed by atoms with Gasteiger partial charge in [-0.1, -0.05) is 23.8 Å². The lowest BCUT2D eigenvalue weighted by Gasteiger charge is -2.10. The Morgan fingerprint density at radius 3 is 2.43 bits per heavy atom. The molecule has 0 amide bonds. The van der Waals surface area contributed by atoms with E-state index in [1.54, 1.807) is 14.2 Å². The van der Waals surface area contributed by atoms with Crippen molar-refractivity contribution in [1.82, 2.24) is 0 Å². The van der Waals surface area contributed by atoms with Gasteiger partial charge in [0.1, 0.15) is 0 Å². The highest BCUT2D eigenvalue weighted by atomic mass is 35.5. The summed E-state index contributed by atoms with van der Waals surface area (Å²) in [6.45, 7) is 1.94. The van der Waals surface area contributed by atoms with Crippen molar-refractivity contribution >= 4 is 17.7 Å². The lowest BCUT2D eigenvalue weighted by atomic mass is 10.2. The fourth-order valence-corrected chi connectivity index (χ4v) is 1.51. The first kappa shape index (κ1) is 10.9. The number of hydrogen-bond donors (Lipinski definition) is 0. The van der Waals surface area contributed by atoms with Crippen LogP contribution in [0.15, 0.2) is 18.2 Å². The summed E-state index contributed by atoms with van der Waals surface area (Å²) < 4.78 is 10.3. The molecule has 0 aliphatic heterocycles. The molecule has 0 N–H and O–H groups in total. The minimum Gasteiger partial charge on any atom is -0.493 e. The zero-order valence-corrected chi connectivity index (χ0v) is 9.26. The third kappa shape index (κ3) is 2.02. The van der Waals surface area contributed by atoms with Gasteiger partial charge in [0, 0.05) is 0 Å². The molecule has 0 radical (unpaired) electrons. The van der Waals surface area contributed by atoms with Crippen molar-refractivity contribution in [2.75, 3.05) is 14.2 Å². The molecular formula is C11H13ClO2. The quantitative estimate of drug-likeness (QED) is 0.765. The normalized spacial score (nSPS) is 10.6. The molecule has 2 nitrogen and oxygen atoms in total. The van der Waals surface area contributed by atoms with Crippen LogP contribution in [0.25, 0.3) is 6.08 Å². The van der Waals surface area contributed by atoms with Crippen LogP contribution < -0.4 is 9.47 Å². The Bertz CT molecular complexity index is 345. The maximum atomic E-state index is 6.12. The summed E-state index contributed by atoms with van der Waals surface area (Å²) in [5.41, 5.74) is 0.923. The summed E-state index contributed by atoms with van der Waals surface area (Å²) >= 11 is 6.12. The number of benzene rings is 1. The van der Waals surface area contributed by atoms with Crippen molar-refractivity contribution in [3.63, 3.8) is 0 Å². The zero-order chi connectivity index (χ0) is 10.6. The standard InChI is InChI=1S/C11H13ClO2/c1-4-5-8-6-7-9(13-2)11(14-3)10(8)12/h4-7H,1-3H3. The highest BCUT2D eigenvalue weighted by molar-refractivity contribution is 6.33. The Morgan fingerprint density at radius 2 is 1.93 bits per heavy atom. The van der Waals surface area contributed by atoms with Gasteiger partial charge in [-0.25, -0.2) is 0 Å². The molecule has 0 aliphatic rings. The van der Waals surface area contributed by atoms with E-state index in [0.717, 1.165) is 5.56 Å². The average molecular weight is 213 g/mol. The van der Waals surface area contributed by atoms with E-state index < -0.39 is 0 Å². The van der Waals surface area contributed by atoms with Crippen LogP contribution in [0.4, 0.5) is 0 Å². The fourth-order valence-electron chi connectivity index (χ4n) is 1.21. The Balaban J connectivity index is 3.27. The SMILES string of the molecule is CC=Cc1ccc(OC)c(OC)c1Cl. The summed E-state index contributed by atoms with van der Waals surface area (Å²) in [5.74, 6) is 1.22. The van der Waals surface area contributed by atoms with Crippen molar-refractivity contribution in [3.05, 3.63) is 28.8 Å². The summed E-state index contributed by atoms with van der Waals surface area (Å²) in [7, 11) is 3.16. The van der Waals surface area contributed by atoms with Gasteiger partial charge in [0.15, 0.2) is 11.5 Å². The van der Waals surface area contributed by atoms with E-state index in [0.29, 0.717) is 16.5 Å². The molecule has 1 aromatic carbocycles. The van der Waals surface area contributed by atoms with E-state index >= 15 is 0 Å². The molecule has 0 aromatic heterocycles. The molecule has 0 atom stereocenters. The third-order valence-corrected chi connectivity index (χ3v) is 2.25. The van der Waals surface area contributed by atoms with Crippen LogP contribution in [0.1, 0.15) is 12.5 Å². The monoisotopic (exact) mass is 212 g/mol. The van der Waals surface area contributed by atoms with Crippen LogP contribution in [0, 0.1) is 0 Å². The van der Waals surface area contributed by atoms with Gasteiger partial charge in [-0.15, -0.1) is 0 Å². The Morgan fingerprint density at radius 1 is 1.21 bits per heavy atom. The number of hydrogen-bond acceptors (Lipinski definition) is 2. The molecule has 0 unspecified atom stereocenters. The van der Waals surface area contributed by atoms with Crippen molar-refractivity contribution in [2.24, 2.45) is 0 Å². The highest BCUT2D eigenvalue weighted by Crippen LogP contribution is 2.37. The minimum atomic E-state index is 0.574. The van der Waals surface area contributed by atoms with Crippen molar-refractivity contribution in [2.45, 2.75) is 6.92 Å². The van der Waals surface area contributed by atoms with Gasteiger partial charge in [0.2, 0.25) is 0 Å². The minimum absolute atomic E-state index is 0.574. The maximum absolute atomic E-state index is 6.12. The predicted molar refractivity (Wildman–Crippen MR) is 59.3 cm³/mol. The zero-order valence-electron chi connectivity index (χ0n) is 8.50. The van der Waals surface area contributed by atoms with Gasteiger partial charge in [0.05, 0.1) is 19.2 Å². The fraction of sp³-hybridized carbons (Fsp3) is 0.273. The molecular weight excluding hydrogens is 200 g/mol. The second-order valence-corrected chi connectivity index (χ2v) is 3.08. The molecule has 0 saturated heterocycles. The molecule has 0 saturated carbocycles. The number of rotatable bonds is 3. The first-order valence-electron chi connectivity index (χ1n) is 4.27. The third-order valence-electron chi connectivity index (χ3n) is 1.86. The van der Waals surface area contributed by atoms with E-state index in [-0.39, 0.29) is 0 Å². The van der Waals surface area contributed by atoms with E-state index in [1.165, 1.54) is 0 Å². The van der Waals surface area contributed by atoms with E-state index in [2.05, 4.69) is 0 Å².